The third-order valence-corrected chi connectivity index (χ3v) is 6.52. The molecule has 0 spiro atoms. The van der Waals surface area contributed by atoms with Gasteiger partial charge in [0.25, 0.3) is 5.91 Å². The van der Waals surface area contributed by atoms with E-state index >= 15 is 0 Å². The number of hydrogen-bond donors (Lipinski definition) is 0. The smallest absolute Gasteiger partial charge is 0.493 e. The molecule has 2 saturated heterocycles. The van der Waals surface area contributed by atoms with Gasteiger partial charge in [0.1, 0.15) is 25.1 Å². The van der Waals surface area contributed by atoms with Crippen molar-refractivity contribution in [2.75, 3.05) is 46.0 Å². The Hall–Kier alpha value is -2.02. The first-order valence-corrected chi connectivity index (χ1v) is 11.1. The summed E-state index contributed by atoms with van der Waals surface area (Å²) in [5.74, 6) is 1.09. The lowest BCUT2D eigenvalue weighted by Crippen LogP contribution is -2.60. The van der Waals surface area contributed by atoms with Gasteiger partial charge in [-0.25, -0.2) is 0 Å². The highest BCUT2D eigenvalue weighted by Crippen LogP contribution is 2.41. The van der Waals surface area contributed by atoms with Gasteiger partial charge < -0.3 is 23.8 Å². The van der Waals surface area contributed by atoms with Crippen LogP contribution >= 0.6 is 11.8 Å². The second kappa shape index (κ2) is 9.46. The van der Waals surface area contributed by atoms with Crippen LogP contribution in [0.4, 0.5) is 13.2 Å². The van der Waals surface area contributed by atoms with E-state index in [9.17, 15) is 18.0 Å². The van der Waals surface area contributed by atoms with E-state index in [1.807, 2.05) is 5.55 Å². The molecule has 176 valence electrons. The standard InChI is InChI=1S/C20H23F3N2O6S/c1-27-15-8-13(2-3-14(15)28-6-7-30-20(21,22)23)18(26)25-5-4-19(16-10-32-11-24-16)17(9-25)29-12-31-19/h2-3,8,11,16-17H,4-7,9-10,12H2,1H3/t16?,17?,19-/m1/s1. The number of aliphatic imine (C=N–C) groups is 1. The summed E-state index contributed by atoms with van der Waals surface area (Å²) >= 11 is 1.64. The van der Waals surface area contributed by atoms with Crippen molar-refractivity contribution < 1.29 is 41.7 Å². The molecule has 3 aliphatic rings. The van der Waals surface area contributed by atoms with Crippen LogP contribution in [-0.4, -0.2) is 86.4 Å². The van der Waals surface area contributed by atoms with Crippen LogP contribution in [0, 0.1) is 0 Å². The minimum atomic E-state index is -4.72. The molecule has 1 aromatic carbocycles. The van der Waals surface area contributed by atoms with Crippen LogP contribution in [0.1, 0.15) is 16.8 Å². The van der Waals surface area contributed by atoms with Crippen molar-refractivity contribution in [2.45, 2.75) is 30.5 Å². The van der Waals surface area contributed by atoms with Crippen molar-refractivity contribution in [2.24, 2.45) is 4.99 Å². The summed E-state index contributed by atoms with van der Waals surface area (Å²) in [6, 6.07) is 4.56. The zero-order valence-corrected chi connectivity index (χ0v) is 18.1. The molecule has 2 unspecified atom stereocenters. The van der Waals surface area contributed by atoms with Crippen LogP contribution in [0.5, 0.6) is 11.5 Å². The first kappa shape index (κ1) is 23.1. The average Bonchev–Trinajstić information content (AvgIpc) is 3.45. The Bertz CT molecular complexity index is 870. The average molecular weight is 476 g/mol. The van der Waals surface area contributed by atoms with E-state index < -0.39 is 18.6 Å². The number of nitrogens with zero attached hydrogens (tertiary/aromatic N) is 2. The molecule has 0 radical (unpaired) electrons. The third-order valence-electron chi connectivity index (χ3n) is 5.74. The quantitative estimate of drug-likeness (QED) is 0.560. The number of likely N-dealkylation sites (tertiary alicyclic amines) is 1. The Balaban J connectivity index is 1.39. The van der Waals surface area contributed by atoms with Crippen LogP contribution in [0.25, 0.3) is 0 Å². The number of amides is 1. The molecule has 1 amide bonds. The molecule has 3 atom stereocenters. The molecular weight excluding hydrogens is 453 g/mol. The van der Waals surface area contributed by atoms with Crippen molar-refractivity contribution >= 4 is 23.2 Å². The number of thioether (sulfide) groups is 1. The number of piperidine rings is 1. The number of hydrogen-bond acceptors (Lipinski definition) is 8. The van der Waals surface area contributed by atoms with E-state index in [0.717, 1.165) is 5.75 Å². The largest absolute Gasteiger partial charge is 0.522 e. The van der Waals surface area contributed by atoms with Gasteiger partial charge >= 0.3 is 6.36 Å². The fourth-order valence-electron chi connectivity index (χ4n) is 4.14. The first-order chi connectivity index (χ1) is 15.3. The van der Waals surface area contributed by atoms with Crippen molar-refractivity contribution in [1.82, 2.24) is 4.90 Å². The molecule has 8 nitrogen and oxygen atoms in total. The predicted octanol–water partition coefficient (Wildman–Crippen LogP) is 2.71. The van der Waals surface area contributed by atoms with Crippen molar-refractivity contribution in [3.63, 3.8) is 0 Å². The third kappa shape index (κ3) is 4.82. The zero-order chi connectivity index (χ0) is 22.8. The van der Waals surface area contributed by atoms with Gasteiger partial charge in [0.15, 0.2) is 11.5 Å². The van der Waals surface area contributed by atoms with Gasteiger partial charge in [-0.15, -0.1) is 24.9 Å². The number of carbonyl (C=O) groups excluding carboxylic acids is 1. The van der Waals surface area contributed by atoms with Crippen LogP contribution in [-0.2, 0) is 14.2 Å². The minimum absolute atomic E-state index is 0.00936. The minimum Gasteiger partial charge on any atom is -0.493 e. The SMILES string of the molecule is COc1cc(C(=O)N2CC[C@]3(C4CSC=N4)OCOC3C2)ccc1OCCOC(F)(F)F. The van der Waals surface area contributed by atoms with E-state index in [1.54, 1.807) is 22.7 Å². The Morgan fingerprint density at radius 3 is 2.91 bits per heavy atom. The monoisotopic (exact) mass is 476 g/mol. The van der Waals surface area contributed by atoms with Crippen LogP contribution in [0.15, 0.2) is 23.2 Å². The van der Waals surface area contributed by atoms with Crippen molar-refractivity contribution in [1.29, 1.82) is 0 Å². The number of carbonyl (C=O) groups is 1. The summed E-state index contributed by atoms with van der Waals surface area (Å²) in [6.45, 7) is 0.0745. The second-order valence-corrected chi connectivity index (χ2v) is 8.36. The van der Waals surface area contributed by atoms with Gasteiger partial charge in [0.2, 0.25) is 0 Å². The molecule has 1 aromatic rings. The van der Waals surface area contributed by atoms with Gasteiger partial charge in [0.05, 0.1) is 31.8 Å². The second-order valence-electron chi connectivity index (χ2n) is 7.49. The van der Waals surface area contributed by atoms with Gasteiger partial charge in [-0.2, -0.15) is 0 Å². The van der Waals surface area contributed by atoms with Gasteiger partial charge in [-0.05, 0) is 24.6 Å². The summed E-state index contributed by atoms with van der Waals surface area (Å²) in [6.07, 6.45) is -4.37. The molecule has 0 N–H and O–H groups in total. The fourth-order valence-corrected chi connectivity index (χ4v) is 5.01. The highest BCUT2D eigenvalue weighted by molar-refractivity contribution is 8.12. The van der Waals surface area contributed by atoms with Crippen LogP contribution < -0.4 is 9.47 Å². The lowest BCUT2D eigenvalue weighted by Gasteiger charge is -2.43. The Morgan fingerprint density at radius 2 is 2.19 bits per heavy atom. The lowest BCUT2D eigenvalue weighted by molar-refractivity contribution is -0.325. The summed E-state index contributed by atoms with van der Waals surface area (Å²) in [5, 5.41) is 0. The molecule has 0 bridgehead atoms. The molecule has 4 rings (SSSR count). The molecule has 12 heteroatoms. The summed E-state index contributed by atoms with van der Waals surface area (Å²) in [4.78, 5) is 19.3. The number of halogens is 3. The Labute approximate surface area is 187 Å². The number of fused-ring (bicyclic) bond motifs is 1. The molecule has 2 fully saturated rings. The maximum absolute atomic E-state index is 13.1. The molecular formula is C20H23F3N2O6S. The van der Waals surface area contributed by atoms with E-state index in [4.69, 9.17) is 18.9 Å². The number of rotatable bonds is 7. The number of alkyl halides is 3. The maximum atomic E-state index is 13.1. The lowest BCUT2D eigenvalue weighted by atomic mass is 9.82. The van der Waals surface area contributed by atoms with E-state index in [-0.39, 0.29) is 43.0 Å². The summed E-state index contributed by atoms with van der Waals surface area (Å²) in [7, 11) is 1.39. The predicted molar refractivity (Wildman–Crippen MR) is 109 cm³/mol. The normalized spacial score (nSPS) is 27.4. The number of benzene rings is 1. The highest BCUT2D eigenvalue weighted by Gasteiger charge is 2.55. The first-order valence-electron chi connectivity index (χ1n) is 10.0. The van der Waals surface area contributed by atoms with E-state index in [0.29, 0.717) is 25.1 Å². The number of ether oxygens (including phenoxy) is 5. The van der Waals surface area contributed by atoms with Crippen LogP contribution in [0.3, 0.4) is 0 Å². The van der Waals surface area contributed by atoms with E-state index in [1.165, 1.54) is 19.2 Å². The van der Waals surface area contributed by atoms with Crippen LogP contribution in [0.2, 0.25) is 0 Å². The fraction of sp³-hybridized carbons (Fsp3) is 0.600. The molecule has 0 aromatic heterocycles. The topological polar surface area (TPSA) is 78.8 Å². The molecule has 0 aliphatic carbocycles. The molecule has 0 saturated carbocycles. The summed E-state index contributed by atoms with van der Waals surface area (Å²) < 4.78 is 62.2. The number of methoxy groups -OCH3 is 1. The van der Waals surface area contributed by atoms with Gasteiger partial charge in [-0.1, -0.05) is 0 Å². The van der Waals surface area contributed by atoms with E-state index in [2.05, 4.69) is 9.73 Å². The maximum Gasteiger partial charge on any atom is 0.522 e. The molecule has 32 heavy (non-hydrogen) atoms. The van der Waals surface area contributed by atoms with Crippen molar-refractivity contribution in [3.8, 4) is 11.5 Å². The highest BCUT2D eigenvalue weighted by atomic mass is 32.2. The molecule has 3 aliphatic heterocycles. The molecule has 3 heterocycles. The summed E-state index contributed by atoms with van der Waals surface area (Å²) in [5.41, 5.74) is 1.70. The van der Waals surface area contributed by atoms with Gasteiger partial charge in [-0.3, -0.25) is 14.5 Å². The zero-order valence-electron chi connectivity index (χ0n) is 17.3. The van der Waals surface area contributed by atoms with Gasteiger partial charge in [0, 0.05) is 17.9 Å². The van der Waals surface area contributed by atoms with Crippen molar-refractivity contribution in [3.05, 3.63) is 23.8 Å². The Kier molecular flexibility index (Phi) is 6.84. The Morgan fingerprint density at radius 1 is 1.34 bits per heavy atom.